The molecule has 0 saturated heterocycles. The third-order valence-electron chi connectivity index (χ3n) is 3.03. The highest BCUT2D eigenvalue weighted by atomic mass is 35.5. The van der Waals surface area contributed by atoms with E-state index >= 15 is 0 Å². The summed E-state index contributed by atoms with van der Waals surface area (Å²) in [7, 11) is 0. The van der Waals surface area contributed by atoms with Gasteiger partial charge < -0.3 is 5.32 Å². The smallest absolute Gasteiger partial charge is 0.176 e. The molecule has 0 amide bonds. The molecule has 4 nitrogen and oxygen atoms in total. The van der Waals surface area contributed by atoms with E-state index in [1.807, 2.05) is 42.6 Å². The Bertz CT molecular complexity index is 721. The molecule has 21 heavy (non-hydrogen) atoms. The van der Waals surface area contributed by atoms with E-state index in [1.54, 1.807) is 17.1 Å². The second-order valence-corrected chi connectivity index (χ2v) is 5.19. The summed E-state index contributed by atoms with van der Waals surface area (Å²) < 4.78 is 1.70. The van der Waals surface area contributed by atoms with Crippen LogP contribution in [0.3, 0.4) is 0 Å². The lowest BCUT2D eigenvalue weighted by Crippen LogP contribution is -2.07. The maximum Gasteiger partial charge on any atom is 0.176 e. The number of aromatic nitrogens is 3. The van der Waals surface area contributed by atoms with Crippen molar-refractivity contribution in [3.8, 4) is 5.82 Å². The van der Waals surface area contributed by atoms with Crippen LogP contribution in [0.15, 0.2) is 55.0 Å². The fourth-order valence-corrected chi connectivity index (χ4v) is 2.53. The van der Waals surface area contributed by atoms with Gasteiger partial charge in [-0.05, 0) is 30.3 Å². The van der Waals surface area contributed by atoms with E-state index in [1.165, 1.54) is 0 Å². The van der Waals surface area contributed by atoms with Gasteiger partial charge in [-0.15, -0.1) is 0 Å². The number of hydrogen-bond acceptors (Lipinski definition) is 3. The van der Waals surface area contributed by atoms with Crippen molar-refractivity contribution in [3.05, 3.63) is 70.6 Å². The molecule has 0 radical (unpaired) electrons. The normalized spacial score (nSPS) is 10.6. The highest BCUT2D eigenvalue weighted by molar-refractivity contribution is 6.36. The minimum Gasteiger partial charge on any atom is -0.378 e. The van der Waals surface area contributed by atoms with Gasteiger partial charge in [0.2, 0.25) is 0 Å². The van der Waals surface area contributed by atoms with Crippen LogP contribution in [0.5, 0.6) is 0 Å². The zero-order valence-electron chi connectivity index (χ0n) is 11.0. The Balaban J connectivity index is 1.86. The van der Waals surface area contributed by atoms with Crippen LogP contribution < -0.4 is 5.32 Å². The van der Waals surface area contributed by atoms with Gasteiger partial charge in [-0.2, -0.15) is 5.10 Å². The van der Waals surface area contributed by atoms with Crippen molar-refractivity contribution in [1.82, 2.24) is 14.8 Å². The van der Waals surface area contributed by atoms with E-state index in [9.17, 15) is 0 Å². The molecule has 0 fully saturated rings. The van der Waals surface area contributed by atoms with E-state index in [4.69, 9.17) is 23.2 Å². The highest BCUT2D eigenvalue weighted by Gasteiger charge is 2.08. The standard InChI is InChI=1S/C15H12Cl2N4/c16-12-4-1-5-13(17)11(12)10-19-14-6-2-7-18-15(14)21-9-3-8-20-21/h1-9,19H,10H2. The molecule has 2 heterocycles. The molecule has 0 bridgehead atoms. The molecule has 2 aromatic heterocycles. The quantitative estimate of drug-likeness (QED) is 0.784. The highest BCUT2D eigenvalue weighted by Crippen LogP contribution is 2.26. The van der Waals surface area contributed by atoms with Crippen molar-refractivity contribution in [2.45, 2.75) is 6.54 Å². The number of nitrogens with zero attached hydrogens (tertiary/aromatic N) is 3. The van der Waals surface area contributed by atoms with Gasteiger partial charge in [0.05, 0.1) is 5.69 Å². The Hall–Kier alpha value is -2.04. The molecule has 0 atom stereocenters. The Morgan fingerprint density at radius 3 is 2.52 bits per heavy atom. The van der Waals surface area contributed by atoms with Gasteiger partial charge in [0.25, 0.3) is 0 Å². The molecule has 0 saturated carbocycles. The van der Waals surface area contributed by atoms with E-state index in [0.29, 0.717) is 16.6 Å². The maximum atomic E-state index is 6.18. The SMILES string of the molecule is Clc1cccc(Cl)c1CNc1cccnc1-n1cccn1. The molecule has 6 heteroatoms. The number of anilines is 1. The fourth-order valence-electron chi connectivity index (χ4n) is 2.00. The molecular formula is C15H12Cl2N4. The molecule has 0 spiro atoms. The molecule has 0 aliphatic rings. The van der Waals surface area contributed by atoms with Gasteiger partial charge in [0.15, 0.2) is 5.82 Å². The molecule has 3 rings (SSSR count). The molecule has 106 valence electrons. The minimum atomic E-state index is 0.512. The molecule has 0 aliphatic carbocycles. The van der Waals surface area contributed by atoms with Crippen LogP contribution in [0.2, 0.25) is 10.0 Å². The van der Waals surface area contributed by atoms with E-state index in [-0.39, 0.29) is 0 Å². The lowest BCUT2D eigenvalue weighted by molar-refractivity contribution is 0.846. The van der Waals surface area contributed by atoms with Crippen molar-refractivity contribution in [2.24, 2.45) is 0 Å². The largest absolute Gasteiger partial charge is 0.378 e. The number of pyridine rings is 1. The maximum absolute atomic E-state index is 6.18. The minimum absolute atomic E-state index is 0.512. The third kappa shape index (κ3) is 3.01. The number of hydrogen-bond donors (Lipinski definition) is 1. The second-order valence-electron chi connectivity index (χ2n) is 4.38. The van der Waals surface area contributed by atoms with Gasteiger partial charge >= 0.3 is 0 Å². The van der Waals surface area contributed by atoms with Gasteiger partial charge in [-0.1, -0.05) is 29.3 Å². The average Bonchev–Trinajstić information content (AvgIpc) is 3.01. The van der Waals surface area contributed by atoms with Gasteiger partial charge in [0, 0.05) is 40.7 Å². The Labute approximate surface area is 132 Å². The monoisotopic (exact) mass is 318 g/mol. The summed E-state index contributed by atoms with van der Waals surface area (Å²) >= 11 is 12.4. The topological polar surface area (TPSA) is 42.7 Å². The fraction of sp³-hybridized carbons (Fsp3) is 0.0667. The molecule has 3 aromatic rings. The van der Waals surface area contributed by atoms with Crippen LogP contribution in [0, 0.1) is 0 Å². The van der Waals surface area contributed by atoms with Crippen LogP contribution in [0.4, 0.5) is 5.69 Å². The first-order valence-electron chi connectivity index (χ1n) is 6.37. The van der Waals surface area contributed by atoms with Crippen LogP contribution in [0.1, 0.15) is 5.56 Å². The summed E-state index contributed by atoms with van der Waals surface area (Å²) in [5.74, 6) is 0.727. The Morgan fingerprint density at radius 2 is 1.81 bits per heavy atom. The summed E-state index contributed by atoms with van der Waals surface area (Å²) in [5, 5.41) is 8.78. The first kappa shape index (κ1) is 13.9. The molecule has 0 unspecified atom stereocenters. The zero-order chi connectivity index (χ0) is 14.7. The van der Waals surface area contributed by atoms with Crippen LogP contribution >= 0.6 is 23.2 Å². The van der Waals surface area contributed by atoms with Crippen LogP contribution in [-0.2, 0) is 6.54 Å². The van der Waals surface area contributed by atoms with E-state index in [2.05, 4.69) is 15.4 Å². The Morgan fingerprint density at radius 1 is 1.00 bits per heavy atom. The summed E-state index contributed by atoms with van der Waals surface area (Å²) in [6, 6.07) is 11.1. The van der Waals surface area contributed by atoms with Crippen molar-refractivity contribution in [2.75, 3.05) is 5.32 Å². The van der Waals surface area contributed by atoms with E-state index < -0.39 is 0 Å². The van der Waals surface area contributed by atoms with E-state index in [0.717, 1.165) is 17.1 Å². The second kappa shape index (κ2) is 6.16. The Kier molecular flexibility index (Phi) is 4.08. The van der Waals surface area contributed by atoms with Crippen molar-refractivity contribution >= 4 is 28.9 Å². The lowest BCUT2D eigenvalue weighted by atomic mass is 10.2. The van der Waals surface area contributed by atoms with Gasteiger partial charge in [-0.25, -0.2) is 9.67 Å². The third-order valence-corrected chi connectivity index (χ3v) is 3.73. The summed E-state index contributed by atoms with van der Waals surface area (Å²) in [6.45, 7) is 0.512. The predicted octanol–water partition coefficient (Wildman–Crippen LogP) is 4.19. The van der Waals surface area contributed by atoms with Gasteiger partial charge in [0.1, 0.15) is 0 Å². The molecule has 0 aliphatic heterocycles. The summed E-state index contributed by atoms with van der Waals surface area (Å²) in [6.07, 6.45) is 5.28. The lowest BCUT2D eigenvalue weighted by Gasteiger charge is -2.12. The number of benzene rings is 1. The zero-order valence-corrected chi connectivity index (χ0v) is 12.5. The first-order valence-corrected chi connectivity index (χ1v) is 7.13. The number of nitrogens with one attached hydrogen (secondary N) is 1. The first-order chi connectivity index (χ1) is 10.3. The number of rotatable bonds is 4. The van der Waals surface area contributed by atoms with Gasteiger partial charge in [-0.3, -0.25) is 0 Å². The molecule has 1 N–H and O–H groups in total. The van der Waals surface area contributed by atoms with Crippen molar-refractivity contribution in [3.63, 3.8) is 0 Å². The molecule has 1 aromatic carbocycles. The van der Waals surface area contributed by atoms with Crippen molar-refractivity contribution < 1.29 is 0 Å². The summed E-state index contributed by atoms with van der Waals surface area (Å²) in [4.78, 5) is 4.35. The predicted molar refractivity (Wildman–Crippen MR) is 85.1 cm³/mol. The number of halogens is 2. The van der Waals surface area contributed by atoms with Crippen LogP contribution in [0.25, 0.3) is 5.82 Å². The average molecular weight is 319 g/mol. The molecular weight excluding hydrogens is 307 g/mol. The van der Waals surface area contributed by atoms with Crippen molar-refractivity contribution in [1.29, 1.82) is 0 Å². The van der Waals surface area contributed by atoms with Crippen LogP contribution in [-0.4, -0.2) is 14.8 Å². The summed E-state index contributed by atoms with van der Waals surface area (Å²) in [5.41, 5.74) is 1.72.